The van der Waals surface area contributed by atoms with Crippen LogP contribution in [0.2, 0.25) is 0 Å². The average molecular weight is 282 g/mol. The molecule has 0 spiro atoms. The van der Waals surface area contributed by atoms with Crippen LogP contribution in [0.4, 0.5) is 0 Å². The lowest BCUT2D eigenvalue weighted by molar-refractivity contribution is 0.0352. The van der Waals surface area contributed by atoms with E-state index in [1.165, 1.54) is 48.4 Å². The molecule has 19 heavy (non-hydrogen) atoms. The Bertz CT molecular complexity index is 361. The molecule has 1 fully saturated rings. The minimum atomic E-state index is 0.213. The molecule has 108 valence electrons. The number of hydrogen-bond acceptors (Lipinski definition) is 4. The van der Waals surface area contributed by atoms with E-state index in [9.17, 15) is 0 Å². The van der Waals surface area contributed by atoms with Crippen molar-refractivity contribution in [3.05, 3.63) is 16.1 Å². The van der Waals surface area contributed by atoms with Crippen LogP contribution in [-0.4, -0.2) is 18.6 Å². The molecule has 0 radical (unpaired) electrons. The van der Waals surface area contributed by atoms with E-state index in [0.717, 1.165) is 13.1 Å². The summed E-state index contributed by atoms with van der Waals surface area (Å²) in [6, 6.07) is 0. The van der Waals surface area contributed by atoms with Crippen molar-refractivity contribution in [2.45, 2.75) is 58.1 Å². The molecule has 1 heterocycles. The summed E-state index contributed by atoms with van der Waals surface area (Å²) in [6.07, 6.45) is 10.1. The van der Waals surface area contributed by atoms with Crippen molar-refractivity contribution in [2.24, 2.45) is 5.92 Å². The first-order valence-corrected chi connectivity index (χ1v) is 8.35. The third-order valence-electron chi connectivity index (χ3n) is 3.87. The summed E-state index contributed by atoms with van der Waals surface area (Å²) >= 11 is 1.81. The average Bonchev–Trinajstić information content (AvgIpc) is 2.90. The van der Waals surface area contributed by atoms with E-state index in [1.54, 1.807) is 0 Å². The van der Waals surface area contributed by atoms with E-state index in [-0.39, 0.29) is 6.10 Å². The van der Waals surface area contributed by atoms with Gasteiger partial charge in [-0.3, -0.25) is 0 Å². The van der Waals surface area contributed by atoms with E-state index >= 15 is 0 Å². The number of aromatic nitrogens is 1. The highest BCUT2D eigenvalue weighted by Crippen LogP contribution is 2.37. The van der Waals surface area contributed by atoms with Crippen LogP contribution >= 0.6 is 11.3 Å². The van der Waals surface area contributed by atoms with E-state index in [1.807, 2.05) is 24.6 Å². The van der Waals surface area contributed by atoms with E-state index < -0.39 is 0 Å². The molecule has 4 heteroatoms. The van der Waals surface area contributed by atoms with Gasteiger partial charge in [-0.2, -0.15) is 0 Å². The van der Waals surface area contributed by atoms with E-state index in [2.05, 4.69) is 17.2 Å². The number of ether oxygens (including phenoxy) is 1. The smallest absolute Gasteiger partial charge is 0.122 e. The highest BCUT2D eigenvalue weighted by Gasteiger charge is 2.27. The normalized spacial score (nSPS) is 18.6. The zero-order valence-corrected chi connectivity index (χ0v) is 13.0. The highest BCUT2D eigenvalue weighted by atomic mass is 32.1. The van der Waals surface area contributed by atoms with Crippen LogP contribution in [0.25, 0.3) is 0 Å². The van der Waals surface area contributed by atoms with Crippen LogP contribution in [0.5, 0.6) is 0 Å². The number of thiazole rings is 1. The Hall–Kier alpha value is -0.450. The molecule has 1 N–H and O–H groups in total. The van der Waals surface area contributed by atoms with E-state index in [4.69, 9.17) is 4.74 Å². The third-order valence-corrected chi connectivity index (χ3v) is 4.93. The zero-order chi connectivity index (χ0) is 13.5. The molecular formula is C15H26N2OS. The Morgan fingerprint density at radius 2 is 2.21 bits per heavy atom. The topological polar surface area (TPSA) is 34.2 Å². The second kappa shape index (κ2) is 7.98. The van der Waals surface area contributed by atoms with Crippen molar-refractivity contribution < 1.29 is 4.74 Å². The summed E-state index contributed by atoms with van der Waals surface area (Å²) < 4.78 is 5.74. The van der Waals surface area contributed by atoms with Crippen molar-refractivity contribution in [3.63, 3.8) is 0 Å². The zero-order valence-electron chi connectivity index (χ0n) is 12.2. The maximum Gasteiger partial charge on any atom is 0.122 e. The Labute approximate surface area is 120 Å². The SMILES string of the molecule is CCCNCc1cnc(C(OC)C2CCCCC2)s1. The van der Waals surface area contributed by atoms with Crippen molar-refractivity contribution >= 4 is 11.3 Å². The predicted molar refractivity (Wildman–Crippen MR) is 80.4 cm³/mol. The highest BCUT2D eigenvalue weighted by molar-refractivity contribution is 7.11. The van der Waals surface area contributed by atoms with Crippen LogP contribution in [0, 0.1) is 5.92 Å². The van der Waals surface area contributed by atoms with Crippen LogP contribution in [0.15, 0.2) is 6.20 Å². The summed E-state index contributed by atoms with van der Waals surface area (Å²) in [6.45, 7) is 4.20. The first-order valence-electron chi connectivity index (χ1n) is 7.53. The molecule has 0 aliphatic heterocycles. The summed E-state index contributed by atoms with van der Waals surface area (Å²) in [5, 5.41) is 4.60. The Morgan fingerprint density at radius 3 is 2.89 bits per heavy atom. The van der Waals surface area contributed by atoms with Gasteiger partial charge in [-0.1, -0.05) is 26.2 Å². The van der Waals surface area contributed by atoms with Crippen LogP contribution < -0.4 is 5.32 Å². The largest absolute Gasteiger partial charge is 0.374 e. The van der Waals surface area contributed by atoms with Gasteiger partial charge in [0.2, 0.25) is 0 Å². The van der Waals surface area contributed by atoms with Gasteiger partial charge in [0.25, 0.3) is 0 Å². The molecule has 1 saturated carbocycles. The lowest BCUT2D eigenvalue weighted by atomic mass is 9.85. The van der Waals surface area contributed by atoms with Crippen LogP contribution in [-0.2, 0) is 11.3 Å². The predicted octanol–water partition coefficient (Wildman–Crippen LogP) is 3.91. The van der Waals surface area contributed by atoms with Gasteiger partial charge < -0.3 is 10.1 Å². The molecule has 0 saturated heterocycles. The molecule has 3 nitrogen and oxygen atoms in total. The molecule has 1 aromatic heterocycles. The molecule has 0 aromatic carbocycles. The van der Waals surface area contributed by atoms with Gasteiger partial charge in [-0.05, 0) is 31.7 Å². The fourth-order valence-corrected chi connectivity index (χ4v) is 3.91. The quantitative estimate of drug-likeness (QED) is 0.770. The molecule has 2 rings (SSSR count). The molecular weight excluding hydrogens is 256 g/mol. The van der Waals surface area contributed by atoms with Gasteiger partial charge in [-0.15, -0.1) is 11.3 Å². The lowest BCUT2D eigenvalue weighted by Crippen LogP contribution is -2.17. The number of methoxy groups -OCH3 is 1. The second-order valence-electron chi connectivity index (χ2n) is 5.40. The number of rotatable bonds is 7. The maximum atomic E-state index is 5.74. The Morgan fingerprint density at radius 1 is 1.42 bits per heavy atom. The fraction of sp³-hybridized carbons (Fsp3) is 0.800. The molecule has 0 bridgehead atoms. The number of nitrogens with one attached hydrogen (secondary N) is 1. The Balaban J connectivity index is 1.94. The first-order chi connectivity index (χ1) is 9.35. The van der Waals surface area contributed by atoms with E-state index in [0.29, 0.717) is 5.92 Å². The summed E-state index contributed by atoms with van der Waals surface area (Å²) in [4.78, 5) is 5.92. The van der Waals surface area contributed by atoms with Crippen molar-refractivity contribution in [1.29, 1.82) is 0 Å². The third kappa shape index (κ3) is 4.26. The molecule has 1 aliphatic carbocycles. The first kappa shape index (κ1) is 14.9. The maximum absolute atomic E-state index is 5.74. The summed E-state index contributed by atoms with van der Waals surface area (Å²) in [5.41, 5.74) is 0. The van der Waals surface area contributed by atoms with Gasteiger partial charge in [0, 0.05) is 24.7 Å². The van der Waals surface area contributed by atoms with Gasteiger partial charge in [-0.25, -0.2) is 4.98 Å². The lowest BCUT2D eigenvalue weighted by Gasteiger charge is -2.27. The molecule has 1 aliphatic rings. The van der Waals surface area contributed by atoms with Gasteiger partial charge in [0.05, 0.1) is 0 Å². The molecule has 1 unspecified atom stereocenters. The fourth-order valence-electron chi connectivity index (χ4n) is 2.86. The van der Waals surface area contributed by atoms with Crippen molar-refractivity contribution in [3.8, 4) is 0 Å². The summed E-state index contributed by atoms with van der Waals surface area (Å²) in [7, 11) is 1.83. The molecule has 0 amide bonds. The minimum Gasteiger partial charge on any atom is -0.374 e. The van der Waals surface area contributed by atoms with Crippen molar-refractivity contribution in [1.82, 2.24) is 10.3 Å². The van der Waals surface area contributed by atoms with Gasteiger partial charge in [0.1, 0.15) is 11.1 Å². The van der Waals surface area contributed by atoms with Gasteiger partial charge >= 0.3 is 0 Å². The van der Waals surface area contributed by atoms with Gasteiger partial charge in [0.15, 0.2) is 0 Å². The monoisotopic (exact) mass is 282 g/mol. The number of hydrogen-bond donors (Lipinski definition) is 1. The molecule has 1 atom stereocenters. The number of nitrogens with zero attached hydrogens (tertiary/aromatic N) is 1. The minimum absolute atomic E-state index is 0.213. The second-order valence-corrected chi connectivity index (χ2v) is 6.54. The Kier molecular flexibility index (Phi) is 6.28. The standard InChI is InChI=1S/C15H26N2OS/c1-3-9-16-10-13-11-17-15(19-13)14(18-2)12-7-5-4-6-8-12/h11-12,14,16H,3-10H2,1-2H3. The van der Waals surface area contributed by atoms with Crippen molar-refractivity contribution in [2.75, 3.05) is 13.7 Å². The summed E-state index contributed by atoms with van der Waals surface area (Å²) in [5.74, 6) is 0.668. The molecule has 1 aromatic rings. The van der Waals surface area contributed by atoms with Crippen LogP contribution in [0.1, 0.15) is 61.4 Å². The van der Waals surface area contributed by atoms with Crippen LogP contribution in [0.3, 0.4) is 0 Å².